The van der Waals surface area contributed by atoms with E-state index in [0.717, 1.165) is 34.5 Å². The molecule has 2 aliphatic rings. The molecule has 1 fully saturated rings. The molecule has 1 aliphatic carbocycles. The number of aromatic nitrogens is 3. The van der Waals surface area contributed by atoms with Crippen LogP contribution in [0.3, 0.4) is 0 Å². The number of anilines is 1. The summed E-state index contributed by atoms with van der Waals surface area (Å²) in [5.41, 5.74) is 5.05. The van der Waals surface area contributed by atoms with Gasteiger partial charge in [-0.15, -0.1) is 0 Å². The van der Waals surface area contributed by atoms with E-state index in [0.29, 0.717) is 24.8 Å². The van der Waals surface area contributed by atoms with Crippen LogP contribution in [0.25, 0.3) is 5.57 Å². The van der Waals surface area contributed by atoms with Crippen molar-refractivity contribution in [3.05, 3.63) is 59.6 Å². The third kappa shape index (κ3) is 4.20. The minimum Gasteiger partial charge on any atom is -0.335 e. The van der Waals surface area contributed by atoms with Gasteiger partial charge in [-0.25, -0.2) is 0 Å². The first-order valence-corrected chi connectivity index (χ1v) is 10.4. The number of aromatic amines is 1. The Kier molecular flexibility index (Phi) is 5.53. The summed E-state index contributed by atoms with van der Waals surface area (Å²) in [6, 6.07) is 3.94. The normalized spacial score (nSPS) is 17.3. The van der Waals surface area contributed by atoms with Gasteiger partial charge < -0.3 is 10.2 Å². The van der Waals surface area contributed by atoms with E-state index in [2.05, 4.69) is 27.1 Å². The molecule has 4 rings (SSSR count). The van der Waals surface area contributed by atoms with Crippen LogP contribution >= 0.6 is 0 Å². The van der Waals surface area contributed by atoms with Crippen LogP contribution in [0.2, 0.25) is 0 Å². The first-order chi connectivity index (χ1) is 14.5. The zero-order valence-corrected chi connectivity index (χ0v) is 17.4. The van der Waals surface area contributed by atoms with Crippen molar-refractivity contribution >= 4 is 23.2 Å². The summed E-state index contributed by atoms with van der Waals surface area (Å²) in [6.07, 6.45) is 8.29. The second-order valence-electron chi connectivity index (χ2n) is 8.10. The van der Waals surface area contributed by atoms with E-state index >= 15 is 0 Å². The van der Waals surface area contributed by atoms with Crippen molar-refractivity contribution in [1.29, 1.82) is 0 Å². The molecule has 2 N–H and O–H groups in total. The summed E-state index contributed by atoms with van der Waals surface area (Å²) in [4.78, 5) is 30.8. The van der Waals surface area contributed by atoms with Crippen LogP contribution in [-0.2, 0) is 9.59 Å². The number of rotatable bonds is 6. The predicted octanol–water partition coefficient (Wildman–Crippen LogP) is 3.53. The van der Waals surface area contributed by atoms with E-state index in [9.17, 15) is 9.59 Å². The number of carbonyl (C=O) groups excluding carboxylic acids is 2. The van der Waals surface area contributed by atoms with Crippen molar-refractivity contribution in [3.8, 4) is 0 Å². The van der Waals surface area contributed by atoms with Crippen molar-refractivity contribution < 1.29 is 9.59 Å². The minimum atomic E-state index is -0.340. The lowest BCUT2D eigenvalue weighted by molar-refractivity contribution is -0.125. The highest BCUT2D eigenvalue weighted by molar-refractivity contribution is 5.95. The average molecular weight is 406 g/mol. The molecule has 7 heteroatoms. The number of nitrogens with zero attached hydrogens (tertiary/aromatic N) is 3. The van der Waals surface area contributed by atoms with Gasteiger partial charge in [0.2, 0.25) is 11.8 Å². The van der Waals surface area contributed by atoms with E-state index < -0.39 is 0 Å². The molecule has 2 amide bonds. The first kappa shape index (κ1) is 20.1. The van der Waals surface area contributed by atoms with Gasteiger partial charge in [0.1, 0.15) is 0 Å². The van der Waals surface area contributed by atoms with Gasteiger partial charge in [-0.2, -0.15) is 5.10 Å². The van der Waals surface area contributed by atoms with Gasteiger partial charge in [0.05, 0.1) is 11.6 Å². The molecule has 1 atom stereocenters. The van der Waals surface area contributed by atoms with E-state index in [4.69, 9.17) is 0 Å². The molecule has 1 aliphatic heterocycles. The van der Waals surface area contributed by atoms with Crippen LogP contribution < -0.4 is 5.32 Å². The number of aryl methyl sites for hydroxylation is 1. The van der Waals surface area contributed by atoms with Crippen LogP contribution in [0.1, 0.15) is 60.5 Å². The highest BCUT2D eigenvalue weighted by Gasteiger charge is 2.26. The molecule has 0 saturated heterocycles. The van der Waals surface area contributed by atoms with Crippen LogP contribution in [0, 0.1) is 6.92 Å². The number of carbonyl (C=O) groups is 2. The molecule has 7 nitrogen and oxygen atoms in total. The molecule has 1 unspecified atom stereocenters. The standard InChI is InChI=1S/C23H27N5O2/c1-4-21(29)28-9-7-17(8-10-28)22-14(2)11-18(13-24-22)15(3)23(30)25-20-12-19(26-27-20)16-5-6-16/h4,7,11-13,15-16H,1,5-6,8-10H2,2-3H3,(H2,25,26,27,30). The van der Waals surface area contributed by atoms with Gasteiger partial charge in [0, 0.05) is 37.0 Å². The molecule has 156 valence electrons. The maximum Gasteiger partial charge on any atom is 0.246 e. The summed E-state index contributed by atoms with van der Waals surface area (Å²) >= 11 is 0. The third-order valence-corrected chi connectivity index (χ3v) is 5.86. The van der Waals surface area contributed by atoms with Gasteiger partial charge in [-0.1, -0.05) is 18.7 Å². The molecule has 2 aromatic heterocycles. The fourth-order valence-corrected chi connectivity index (χ4v) is 3.77. The monoisotopic (exact) mass is 405 g/mol. The first-order valence-electron chi connectivity index (χ1n) is 10.4. The Morgan fingerprint density at radius 2 is 2.17 bits per heavy atom. The fraction of sp³-hybridized carbons (Fsp3) is 0.391. The van der Waals surface area contributed by atoms with Gasteiger partial charge in [0.25, 0.3) is 0 Å². The van der Waals surface area contributed by atoms with Gasteiger partial charge >= 0.3 is 0 Å². The maximum absolute atomic E-state index is 12.7. The van der Waals surface area contributed by atoms with Crippen LogP contribution in [0.15, 0.2) is 37.1 Å². The molecule has 2 aromatic rings. The number of amides is 2. The third-order valence-electron chi connectivity index (χ3n) is 5.86. The highest BCUT2D eigenvalue weighted by atomic mass is 16.2. The van der Waals surface area contributed by atoms with E-state index in [1.54, 1.807) is 11.1 Å². The molecule has 1 saturated carbocycles. The van der Waals surface area contributed by atoms with E-state index in [1.165, 1.54) is 18.9 Å². The average Bonchev–Trinajstić information content (AvgIpc) is 3.51. The molecular formula is C23H27N5O2. The second-order valence-corrected chi connectivity index (χ2v) is 8.10. The topological polar surface area (TPSA) is 91.0 Å². The van der Waals surface area contributed by atoms with Gasteiger partial charge in [0.15, 0.2) is 5.82 Å². The number of pyridine rings is 1. The Morgan fingerprint density at radius 3 is 2.80 bits per heavy atom. The quantitative estimate of drug-likeness (QED) is 0.719. The number of nitrogens with one attached hydrogen (secondary N) is 2. The van der Waals surface area contributed by atoms with Gasteiger partial charge in [-0.3, -0.25) is 19.7 Å². The Labute approximate surface area is 176 Å². The minimum absolute atomic E-state index is 0.0497. The molecule has 0 aromatic carbocycles. The van der Waals surface area contributed by atoms with Gasteiger partial charge in [-0.05, 0) is 55.9 Å². The summed E-state index contributed by atoms with van der Waals surface area (Å²) in [5.74, 6) is 0.643. The van der Waals surface area contributed by atoms with Crippen molar-refractivity contribution in [2.75, 3.05) is 18.4 Å². The molecule has 0 radical (unpaired) electrons. The molecule has 0 spiro atoms. The van der Waals surface area contributed by atoms with E-state index in [-0.39, 0.29) is 17.7 Å². The fourth-order valence-electron chi connectivity index (χ4n) is 3.77. The Morgan fingerprint density at radius 1 is 1.37 bits per heavy atom. The lowest BCUT2D eigenvalue weighted by Gasteiger charge is -2.26. The summed E-state index contributed by atoms with van der Waals surface area (Å²) in [7, 11) is 0. The zero-order valence-electron chi connectivity index (χ0n) is 17.4. The number of hydrogen-bond acceptors (Lipinski definition) is 4. The summed E-state index contributed by atoms with van der Waals surface area (Å²) in [5, 5.41) is 10.1. The largest absolute Gasteiger partial charge is 0.335 e. The summed E-state index contributed by atoms with van der Waals surface area (Å²) < 4.78 is 0. The molecule has 3 heterocycles. The Bertz CT molecular complexity index is 1020. The van der Waals surface area contributed by atoms with E-state index in [1.807, 2.05) is 32.1 Å². The van der Waals surface area contributed by atoms with Crippen LogP contribution in [0.5, 0.6) is 0 Å². The lowest BCUT2D eigenvalue weighted by atomic mass is 9.96. The molecule has 0 bridgehead atoms. The van der Waals surface area contributed by atoms with Crippen LogP contribution in [-0.4, -0.2) is 45.0 Å². The van der Waals surface area contributed by atoms with Crippen molar-refractivity contribution in [2.24, 2.45) is 0 Å². The van der Waals surface area contributed by atoms with Crippen molar-refractivity contribution in [3.63, 3.8) is 0 Å². The predicted molar refractivity (Wildman–Crippen MR) is 116 cm³/mol. The molecule has 30 heavy (non-hydrogen) atoms. The maximum atomic E-state index is 12.7. The van der Waals surface area contributed by atoms with Crippen molar-refractivity contribution in [1.82, 2.24) is 20.1 Å². The Balaban J connectivity index is 1.43. The molecular weight excluding hydrogens is 378 g/mol. The second kappa shape index (κ2) is 8.26. The van der Waals surface area contributed by atoms with Crippen LogP contribution in [0.4, 0.5) is 5.82 Å². The SMILES string of the molecule is C=CC(=O)N1CC=C(c2ncc(C(C)C(=O)Nc3cc(C4CC4)[nH]n3)cc2C)CC1. The lowest BCUT2D eigenvalue weighted by Crippen LogP contribution is -2.33. The smallest absolute Gasteiger partial charge is 0.246 e. The zero-order chi connectivity index (χ0) is 21.3. The number of H-pyrrole nitrogens is 1. The van der Waals surface area contributed by atoms with Crippen molar-refractivity contribution in [2.45, 2.75) is 44.9 Å². The summed E-state index contributed by atoms with van der Waals surface area (Å²) in [6.45, 7) is 8.65. The number of hydrogen-bond donors (Lipinski definition) is 2. The highest BCUT2D eigenvalue weighted by Crippen LogP contribution is 2.39. The Hall–Kier alpha value is -3.22.